The molecule has 2 atom stereocenters. The van der Waals surface area contributed by atoms with Crippen molar-refractivity contribution in [1.29, 1.82) is 0 Å². The normalized spacial score (nSPS) is 14.2. The molecule has 0 fully saturated rings. The molecule has 0 radical (unpaired) electrons. The molecule has 2 unspecified atom stereocenters. The summed E-state index contributed by atoms with van der Waals surface area (Å²) in [5.41, 5.74) is 1.12. The summed E-state index contributed by atoms with van der Waals surface area (Å²) in [6.07, 6.45) is 1.68. The van der Waals surface area contributed by atoms with Crippen LogP contribution in [0.1, 0.15) is 43.5 Å². The number of hydrogen-bond donors (Lipinski definition) is 1. The lowest BCUT2D eigenvalue weighted by Gasteiger charge is -2.18. The van der Waals surface area contributed by atoms with E-state index < -0.39 is 0 Å². The van der Waals surface area contributed by atoms with Gasteiger partial charge in [0.25, 0.3) is 0 Å². The fourth-order valence-electron chi connectivity index (χ4n) is 2.29. The van der Waals surface area contributed by atoms with Crippen LogP contribution < -0.4 is 5.32 Å². The van der Waals surface area contributed by atoms with Crippen LogP contribution >= 0.6 is 11.6 Å². The number of likely N-dealkylation sites (N-methyl/N-ethyl adjacent to an activating group) is 1. The molecule has 1 heterocycles. The lowest BCUT2D eigenvalue weighted by Crippen LogP contribution is -2.30. The van der Waals surface area contributed by atoms with Crippen molar-refractivity contribution in [3.63, 3.8) is 0 Å². The molecule has 0 aliphatic carbocycles. The third kappa shape index (κ3) is 3.58. The van der Waals surface area contributed by atoms with E-state index in [1.165, 1.54) is 0 Å². The zero-order chi connectivity index (χ0) is 14.5. The van der Waals surface area contributed by atoms with E-state index in [2.05, 4.69) is 29.3 Å². The van der Waals surface area contributed by atoms with Gasteiger partial charge in [0.1, 0.15) is 0 Å². The summed E-state index contributed by atoms with van der Waals surface area (Å²) in [6, 6.07) is 8.04. The third-order valence-electron chi connectivity index (χ3n) is 3.56. The highest BCUT2D eigenvalue weighted by Gasteiger charge is 2.21. The first-order chi connectivity index (χ1) is 9.63. The summed E-state index contributed by atoms with van der Waals surface area (Å²) in [5.74, 6) is 1.60. The van der Waals surface area contributed by atoms with Crippen LogP contribution in [0.15, 0.2) is 28.8 Å². The number of nitrogens with zero attached hydrogens (tertiary/aromatic N) is 2. The third-order valence-corrected chi connectivity index (χ3v) is 3.81. The van der Waals surface area contributed by atoms with Crippen molar-refractivity contribution >= 4 is 11.6 Å². The lowest BCUT2D eigenvalue weighted by atomic mass is 10.00. The second-order valence-electron chi connectivity index (χ2n) is 4.94. The van der Waals surface area contributed by atoms with Gasteiger partial charge in [-0.25, -0.2) is 0 Å². The van der Waals surface area contributed by atoms with Crippen LogP contribution in [0.25, 0.3) is 0 Å². The Morgan fingerprint density at radius 2 is 2.00 bits per heavy atom. The maximum atomic E-state index is 5.87. The van der Waals surface area contributed by atoms with Gasteiger partial charge in [-0.05, 0) is 31.2 Å². The van der Waals surface area contributed by atoms with E-state index in [-0.39, 0.29) is 5.92 Å². The van der Waals surface area contributed by atoms with Crippen molar-refractivity contribution < 1.29 is 4.52 Å². The van der Waals surface area contributed by atoms with Gasteiger partial charge in [0, 0.05) is 17.5 Å². The molecule has 1 aromatic heterocycles. The Balaban J connectivity index is 2.07. The van der Waals surface area contributed by atoms with Crippen molar-refractivity contribution in [1.82, 2.24) is 15.5 Å². The second kappa shape index (κ2) is 6.86. The van der Waals surface area contributed by atoms with E-state index in [9.17, 15) is 0 Å². The number of aromatic nitrogens is 2. The summed E-state index contributed by atoms with van der Waals surface area (Å²) in [6.45, 7) is 4.24. The highest BCUT2D eigenvalue weighted by Crippen LogP contribution is 2.20. The number of nitrogens with one attached hydrogen (secondary N) is 1. The van der Waals surface area contributed by atoms with Gasteiger partial charge in [0.05, 0.1) is 5.92 Å². The molecular formula is C15H20ClN3O. The zero-order valence-electron chi connectivity index (χ0n) is 12.1. The monoisotopic (exact) mass is 293 g/mol. The van der Waals surface area contributed by atoms with E-state index in [0.29, 0.717) is 24.2 Å². The van der Waals surface area contributed by atoms with Gasteiger partial charge in [-0.2, -0.15) is 4.98 Å². The number of halogens is 1. The van der Waals surface area contributed by atoms with Gasteiger partial charge in [-0.15, -0.1) is 0 Å². The predicted molar refractivity (Wildman–Crippen MR) is 80.1 cm³/mol. The van der Waals surface area contributed by atoms with Gasteiger partial charge < -0.3 is 9.84 Å². The molecule has 20 heavy (non-hydrogen) atoms. The standard InChI is InChI=1S/C15H20ClN3O/c1-4-13(17-3)10(2)15-18-14(19-20-15)9-11-5-7-12(16)8-6-11/h5-8,10,13,17H,4,9H2,1-3H3. The minimum Gasteiger partial charge on any atom is -0.339 e. The Hall–Kier alpha value is -1.39. The minimum absolute atomic E-state index is 0.205. The Kier molecular flexibility index (Phi) is 5.15. The Morgan fingerprint density at radius 3 is 2.60 bits per heavy atom. The molecule has 0 bridgehead atoms. The van der Waals surface area contributed by atoms with E-state index in [1.54, 1.807) is 0 Å². The molecule has 1 N–H and O–H groups in total. The molecule has 0 aliphatic rings. The summed E-state index contributed by atoms with van der Waals surface area (Å²) in [5, 5.41) is 8.06. The average Bonchev–Trinajstić information content (AvgIpc) is 2.91. The molecule has 1 aromatic carbocycles. The van der Waals surface area contributed by atoms with Crippen LogP contribution in [0, 0.1) is 0 Å². The average molecular weight is 294 g/mol. The maximum Gasteiger partial charge on any atom is 0.231 e. The quantitative estimate of drug-likeness (QED) is 0.887. The van der Waals surface area contributed by atoms with E-state index in [0.717, 1.165) is 17.0 Å². The van der Waals surface area contributed by atoms with Crippen LogP contribution in [0.4, 0.5) is 0 Å². The first kappa shape index (κ1) is 15.0. The van der Waals surface area contributed by atoms with E-state index in [1.807, 2.05) is 31.3 Å². The molecule has 2 aromatic rings. The van der Waals surface area contributed by atoms with E-state index in [4.69, 9.17) is 16.1 Å². The molecule has 4 nitrogen and oxygen atoms in total. The van der Waals surface area contributed by atoms with Gasteiger partial charge in [0.15, 0.2) is 5.82 Å². The molecule has 2 rings (SSSR count). The lowest BCUT2D eigenvalue weighted by molar-refractivity contribution is 0.324. The second-order valence-corrected chi connectivity index (χ2v) is 5.38. The Morgan fingerprint density at radius 1 is 1.30 bits per heavy atom. The summed E-state index contributed by atoms with van der Waals surface area (Å²) < 4.78 is 5.38. The molecule has 0 aliphatic heterocycles. The fraction of sp³-hybridized carbons (Fsp3) is 0.467. The van der Waals surface area contributed by atoms with Crippen LogP contribution in [-0.4, -0.2) is 23.2 Å². The van der Waals surface area contributed by atoms with Crippen LogP contribution in [0.5, 0.6) is 0 Å². The van der Waals surface area contributed by atoms with Crippen molar-refractivity contribution in [2.75, 3.05) is 7.05 Å². The SMILES string of the molecule is CCC(NC)C(C)c1nc(Cc2ccc(Cl)cc2)no1. The summed E-state index contributed by atoms with van der Waals surface area (Å²) in [4.78, 5) is 4.49. The molecule has 0 saturated heterocycles. The number of hydrogen-bond acceptors (Lipinski definition) is 4. The highest BCUT2D eigenvalue weighted by molar-refractivity contribution is 6.30. The molecule has 5 heteroatoms. The molecule has 108 valence electrons. The van der Waals surface area contributed by atoms with Crippen LogP contribution in [-0.2, 0) is 6.42 Å². The molecule has 0 amide bonds. The van der Waals surface area contributed by atoms with Crippen molar-refractivity contribution in [2.24, 2.45) is 0 Å². The Labute approximate surface area is 124 Å². The van der Waals surface area contributed by atoms with Crippen molar-refractivity contribution in [3.8, 4) is 0 Å². The minimum atomic E-state index is 0.205. The van der Waals surface area contributed by atoms with Gasteiger partial charge in [0.2, 0.25) is 5.89 Å². The molecular weight excluding hydrogens is 274 g/mol. The molecule has 0 saturated carbocycles. The van der Waals surface area contributed by atoms with Gasteiger partial charge in [-0.3, -0.25) is 0 Å². The van der Waals surface area contributed by atoms with Crippen molar-refractivity contribution in [3.05, 3.63) is 46.6 Å². The molecule has 0 spiro atoms. The number of rotatable bonds is 6. The zero-order valence-corrected chi connectivity index (χ0v) is 12.8. The maximum absolute atomic E-state index is 5.87. The van der Waals surface area contributed by atoms with Crippen LogP contribution in [0.3, 0.4) is 0 Å². The topological polar surface area (TPSA) is 51.0 Å². The number of benzene rings is 1. The fourth-order valence-corrected chi connectivity index (χ4v) is 2.41. The summed E-state index contributed by atoms with van der Waals surface area (Å²) >= 11 is 5.87. The van der Waals surface area contributed by atoms with Gasteiger partial charge >= 0.3 is 0 Å². The smallest absolute Gasteiger partial charge is 0.231 e. The van der Waals surface area contributed by atoms with E-state index >= 15 is 0 Å². The van der Waals surface area contributed by atoms with Crippen LogP contribution in [0.2, 0.25) is 5.02 Å². The Bertz CT molecular complexity index is 534. The van der Waals surface area contributed by atoms with Gasteiger partial charge in [-0.1, -0.05) is 42.7 Å². The first-order valence-electron chi connectivity index (χ1n) is 6.88. The first-order valence-corrected chi connectivity index (χ1v) is 7.26. The summed E-state index contributed by atoms with van der Waals surface area (Å²) in [7, 11) is 1.95. The van der Waals surface area contributed by atoms with Crippen molar-refractivity contribution in [2.45, 2.75) is 38.6 Å². The largest absolute Gasteiger partial charge is 0.339 e. The highest BCUT2D eigenvalue weighted by atomic mass is 35.5. The predicted octanol–water partition coefficient (Wildman–Crippen LogP) is 3.42.